The standard InChI is InChI=1S/C42H34O10S/c43-31-15-11-29(12-16-31)37-27-35(51-41(45)23-25-49-33-7-3-1-4-8-33)19-21-39(37)53(47,48)40-22-20-36(28-38(40)30-13-17-32(44)18-14-30)52-42(46)24-26-50-34-9-5-2-6-10-34/h1-22,27-28,43-44H,23-26H2. The van der Waals surface area contributed by atoms with Gasteiger partial charge in [0.2, 0.25) is 9.84 Å². The van der Waals surface area contributed by atoms with Crippen LogP contribution >= 0.6 is 0 Å². The van der Waals surface area contributed by atoms with Crippen LogP contribution in [0.1, 0.15) is 12.8 Å². The summed E-state index contributed by atoms with van der Waals surface area (Å²) in [6.07, 6.45) is -0.118. The maximum Gasteiger partial charge on any atom is 0.314 e. The molecule has 0 saturated heterocycles. The molecule has 0 radical (unpaired) electrons. The van der Waals surface area contributed by atoms with Crippen molar-refractivity contribution in [3.8, 4) is 56.8 Å². The van der Waals surface area contributed by atoms with Gasteiger partial charge in [-0.15, -0.1) is 0 Å². The summed E-state index contributed by atoms with van der Waals surface area (Å²) < 4.78 is 51.6. The number of hydrogen-bond donors (Lipinski definition) is 2. The normalized spacial score (nSPS) is 11.0. The first-order valence-corrected chi connectivity index (χ1v) is 18.0. The third kappa shape index (κ3) is 9.40. The van der Waals surface area contributed by atoms with Gasteiger partial charge in [0.15, 0.2) is 0 Å². The molecule has 0 spiro atoms. The lowest BCUT2D eigenvalue weighted by molar-refractivity contribution is -0.135. The van der Waals surface area contributed by atoms with Crippen molar-refractivity contribution >= 4 is 21.8 Å². The fraction of sp³-hybridized carbons (Fsp3) is 0.0952. The number of benzene rings is 6. The Morgan fingerprint density at radius 1 is 0.472 bits per heavy atom. The van der Waals surface area contributed by atoms with Gasteiger partial charge < -0.3 is 29.2 Å². The van der Waals surface area contributed by atoms with Gasteiger partial charge in [-0.25, -0.2) is 8.42 Å². The molecule has 0 aromatic heterocycles. The SMILES string of the molecule is O=C(CCOc1ccccc1)Oc1ccc(S(=O)(=O)c2ccc(OC(=O)CCOc3ccccc3)cc2-c2ccc(O)cc2)c(-c2ccc(O)cc2)c1. The summed E-state index contributed by atoms with van der Waals surface area (Å²) in [7, 11) is -4.34. The van der Waals surface area contributed by atoms with E-state index in [-0.39, 0.29) is 70.0 Å². The summed E-state index contributed by atoms with van der Waals surface area (Å²) in [4.78, 5) is 25.3. The Hall–Kier alpha value is -6.59. The predicted molar refractivity (Wildman–Crippen MR) is 197 cm³/mol. The summed E-state index contributed by atoms with van der Waals surface area (Å²) in [6, 6.07) is 38.3. The molecule has 0 fully saturated rings. The molecule has 6 aromatic carbocycles. The Balaban J connectivity index is 1.29. The summed E-state index contributed by atoms with van der Waals surface area (Å²) in [6.45, 7) is 0.153. The van der Waals surface area contributed by atoms with Crippen LogP contribution in [0.15, 0.2) is 155 Å². The van der Waals surface area contributed by atoms with Crippen molar-refractivity contribution in [2.24, 2.45) is 0 Å². The van der Waals surface area contributed by atoms with Crippen LogP contribution in [-0.2, 0) is 19.4 Å². The van der Waals surface area contributed by atoms with Gasteiger partial charge in [0.1, 0.15) is 34.5 Å². The van der Waals surface area contributed by atoms with Gasteiger partial charge in [-0.05, 0) is 96.1 Å². The minimum atomic E-state index is -4.34. The number of carbonyl (C=O) groups is 2. The smallest absolute Gasteiger partial charge is 0.314 e. The third-order valence-corrected chi connectivity index (χ3v) is 9.81. The van der Waals surface area contributed by atoms with E-state index in [4.69, 9.17) is 18.9 Å². The summed E-state index contributed by atoms with van der Waals surface area (Å²) >= 11 is 0. The van der Waals surface area contributed by atoms with Crippen molar-refractivity contribution in [2.75, 3.05) is 13.2 Å². The van der Waals surface area contributed by atoms with Gasteiger partial charge >= 0.3 is 11.9 Å². The van der Waals surface area contributed by atoms with Crippen molar-refractivity contribution in [3.63, 3.8) is 0 Å². The molecule has 10 nitrogen and oxygen atoms in total. The Morgan fingerprint density at radius 2 is 0.849 bits per heavy atom. The van der Waals surface area contributed by atoms with Gasteiger partial charge in [-0.2, -0.15) is 0 Å². The van der Waals surface area contributed by atoms with Crippen LogP contribution in [0, 0.1) is 0 Å². The van der Waals surface area contributed by atoms with Crippen LogP contribution in [0.4, 0.5) is 0 Å². The Kier molecular flexibility index (Phi) is 11.4. The molecule has 0 bridgehead atoms. The quantitative estimate of drug-likeness (QED) is 0.0835. The third-order valence-electron chi connectivity index (χ3n) is 7.94. The second kappa shape index (κ2) is 16.6. The van der Waals surface area contributed by atoms with E-state index in [0.717, 1.165) is 0 Å². The summed E-state index contributed by atoms with van der Waals surface area (Å²) in [5.74, 6) is 0.213. The van der Waals surface area contributed by atoms with E-state index in [1.807, 2.05) is 36.4 Å². The zero-order valence-electron chi connectivity index (χ0n) is 28.3. The van der Waals surface area contributed by atoms with Crippen LogP contribution in [0.3, 0.4) is 0 Å². The number of ether oxygens (including phenoxy) is 4. The van der Waals surface area contributed by atoms with Gasteiger partial charge in [-0.3, -0.25) is 9.59 Å². The fourth-order valence-electron chi connectivity index (χ4n) is 5.37. The average Bonchev–Trinajstić information content (AvgIpc) is 3.16. The first-order valence-electron chi connectivity index (χ1n) is 16.5. The van der Waals surface area contributed by atoms with Gasteiger partial charge in [0, 0.05) is 11.1 Å². The molecule has 6 rings (SSSR count). The molecule has 0 saturated carbocycles. The maximum atomic E-state index is 14.6. The molecule has 53 heavy (non-hydrogen) atoms. The number of aromatic hydroxyl groups is 2. The van der Waals surface area contributed by atoms with E-state index >= 15 is 0 Å². The molecule has 268 valence electrons. The highest BCUT2D eigenvalue weighted by atomic mass is 32.2. The van der Waals surface area contributed by atoms with Crippen LogP contribution in [0.2, 0.25) is 0 Å². The van der Waals surface area contributed by atoms with Crippen LogP contribution in [0.5, 0.6) is 34.5 Å². The molecule has 0 heterocycles. The van der Waals surface area contributed by atoms with E-state index in [0.29, 0.717) is 22.6 Å². The largest absolute Gasteiger partial charge is 0.508 e. The highest BCUT2D eigenvalue weighted by Crippen LogP contribution is 2.40. The molecule has 0 aliphatic rings. The second-order valence-corrected chi connectivity index (χ2v) is 13.6. The molecule has 0 aliphatic heterocycles. The van der Waals surface area contributed by atoms with Crippen LogP contribution < -0.4 is 18.9 Å². The van der Waals surface area contributed by atoms with E-state index in [2.05, 4.69) is 0 Å². The molecule has 0 atom stereocenters. The van der Waals surface area contributed by atoms with E-state index < -0.39 is 21.8 Å². The maximum absolute atomic E-state index is 14.6. The number of rotatable bonds is 14. The minimum Gasteiger partial charge on any atom is -0.508 e. The van der Waals surface area contributed by atoms with Crippen LogP contribution in [0.25, 0.3) is 22.3 Å². The number of sulfone groups is 1. The molecule has 2 N–H and O–H groups in total. The van der Waals surface area contributed by atoms with Crippen molar-refractivity contribution in [2.45, 2.75) is 22.6 Å². The number of hydrogen-bond acceptors (Lipinski definition) is 10. The van der Waals surface area contributed by atoms with E-state index in [1.54, 1.807) is 48.5 Å². The Labute approximate surface area is 306 Å². The lowest BCUT2D eigenvalue weighted by atomic mass is 10.0. The zero-order chi connectivity index (χ0) is 37.2. The molecule has 0 amide bonds. The monoisotopic (exact) mass is 730 g/mol. The van der Waals surface area contributed by atoms with Crippen molar-refractivity contribution in [1.29, 1.82) is 0 Å². The predicted octanol–water partition coefficient (Wildman–Crippen LogP) is 8.01. The molecule has 0 aliphatic carbocycles. The summed E-state index contributed by atoms with van der Waals surface area (Å²) in [5.41, 5.74) is 1.28. The Bertz CT molecular complexity index is 2130. The molecule has 0 unspecified atom stereocenters. The zero-order valence-corrected chi connectivity index (χ0v) is 29.1. The average molecular weight is 731 g/mol. The second-order valence-electron chi connectivity index (χ2n) is 11.7. The highest BCUT2D eigenvalue weighted by Gasteiger charge is 2.27. The van der Waals surface area contributed by atoms with Gasteiger partial charge in [0.05, 0.1) is 35.8 Å². The van der Waals surface area contributed by atoms with Crippen LogP contribution in [-0.4, -0.2) is 43.8 Å². The topological polar surface area (TPSA) is 146 Å². The number of carbonyl (C=O) groups excluding carboxylic acids is 2. The number of esters is 2. The van der Waals surface area contributed by atoms with Gasteiger partial charge in [-0.1, -0.05) is 60.7 Å². The minimum absolute atomic E-state index is 0.0227. The summed E-state index contributed by atoms with van der Waals surface area (Å²) in [5, 5.41) is 19.9. The van der Waals surface area contributed by atoms with E-state index in [1.165, 1.54) is 60.7 Å². The molecule has 6 aromatic rings. The number of phenolic OH excluding ortho intramolecular Hbond substituents is 2. The molecular weight excluding hydrogens is 697 g/mol. The molecular formula is C42H34O10S. The number of para-hydroxylation sites is 2. The first kappa shape index (κ1) is 36.2. The van der Waals surface area contributed by atoms with Crippen molar-refractivity contribution in [3.05, 3.63) is 146 Å². The van der Waals surface area contributed by atoms with Gasteiger partial charge in [0.25, 0.3) is 0 Å². The first-order chi connectivity index (χ1) is 25.7. The fourth-order valence-corrected chi connectivity index (χ4v) is 7.03. The number of phenols is 2. The Morgan fingerprint density at radius 3 is 1.23 bits per heavy atom. The van der Waals surface area contributed by atoms with Crippen molar-refractivity contribution in [1.82, 2.24) is 0 Å². The lowest BCUT2D eigenvalue weighted by Gasteiger charge is -2.17. The van der Waals surface area contributed by atoms with E-state index in [9.17, 15) is 28.2 Å². The molecule has 11 heteroatoms. The lowest BCUT2D eigenvalue weighted by Crippen LogP contribution is -2.13. The van der Waals surface area contributed by atoms with Crippen molar-refractivity contribution < 1.29 is 47.2 Å². The highest BCUT2D eigenvalue weighted by molar-refractivity contribution is 7.91.